The first-order chi connectivity index (χ1) is 22.8. The summed E-state index contributed by atoms with van der Waals surface area (Å²) in [6.45, 7) is 0. The van der Waals surface area contributed by atoms with Crippen molar-refractivity contribution < 1.29 is 0 Å². The molecule has 46 heavy (non-hydrogen) atoms. The third-order valence-electron chi connectivity index (χ3n) is 8.64. The Labute approximate surface area is 270 Å². The van der Waals surface area contributed by atoms with Crippen molar-refractivity contribution in [3.8, 4) is 56.2 Å². The van der Waals surface area contributed by atoms with Crippen LogP contribution in [0.1, 0.15) is 0 Å². The van der Waals surface area contributed by atoms with Crippen LogP contribution in [-0.4, -0.2) is 14.4 Å². The number of hydrogen-bond acceptors (Lipinski definition) is 3. The first kappa shape index (κ1) is 26.6. The zero-order chi connectivity index (χ0) is 30.5. The minimum atomic E-state index is 0.723. The predicted molar refractivity (Wildman–Crippen MR) is 193 cm³/mol. The first-order valence-corrected chi connectivity index (χ1v) is 16.2. The van der Waals surface area contributed by atoms with Gasteiger partial charge in [0.15, 0.2) is 5.82 Å². The van der Waals surface area contributed by atoms with Gasteiger partial charge in [0.25, 0.3) is 0 Å². The van der Waals surface area contributed by atoms with Gasteiger partial charge in [0.1, 0.15) is 4.83 Å². The Kier molecular flexibility index (Phi) is 6.32. The van der Waals surface area contributed by atoms with Crippen LogP contribution in [0.2, 0.25) is 0 Å². The molecule has 0 spiro atoms. The summed E-state index contributed by atoms with van der Waals surface area (Å²) in [5.74, 6) is 0.723. The standard InChI is InChI=1S/C42H27N3S/c1-4-12-29(13-5-1)35-27-36(44-41(43-35)32-16-8-3-9-17-32)30-22-20-28(21-23-30)33-24-25-37-34(26-33)40(31-14-6-2-7-15-31)42-45(37)38-18-10-11-19-39(38)46-42/h1-27H. The van der Waals surface area contributed by atoms with E-state index in [-0.39, 0.29) is 0 Å². The van der Waals surface area contributed by atoms with Crippen molar-refractivity contribution >= 4 is 37.3 Å². The molecule has 3 aromatic heterocycles. The normalized spacial score (nSPS) is 11.5. The molecule has 0 amide bonds. The number of para-hydroxylation sites is 1. The fraction of sp³-hybridized carbons (Fsp3) is 0. The lowest BCUT2D eigenvalue weighted by Crippen LogP contribution is -1.95. The van der Waals surface area contributed by atoms with Gasteiger partial charge < -0.3 is 0 Å². The van der Waals surface area contributed by atoms with Gasteiger partial charge in [0, 0.05) is 27.6 Å². The lowest BCUT2D eigenvalue weighted by Gasteiger charge is -2.10. The number of fused-ring (bicyclic) bond motifs is 5. The molecule has 3 nitrogen and oxygen atoms in total. The van der Waals surface area contributed by atoms with Crippen LogP contribution in [0.3, 0.4) is 0 Å². The van der Waals surface area contributed by atoms with Gasteiger partial charge >= 0.3 is 0 Å². The number of nitrogens with zero attached hydrogens (tertiary/aromatic N) is 3. The Balaban J connectivity index is 1.16. The monoisotopic (exact) mass is 605 g/mol. The van der Waals surface area contributed by atoms with Crippen molar-refractivity contribution in [1.29, 1.82) is 0 Å². The van der Waals surface area contributed by atoms with E-state index in [4.69, 9.17) is 9.97 Å². The van der Waals surface area contributed by atoms with E-state index in [9.17, 15) is 0 Å². The van der Waals surface area contributed by atoms with Gasteiger partial charge in [0.2, 0.25) is 0 Å². The molecule has 0 aliphatic carbocycles. The molecular formula is C42H27N3S. The highest BCUT2D eigenvalue weighted by molar-refractivity contribution is 7.24. The molecule has 9 rings (SSSR count). The maximum Gasteiger partial charge on any atom is 0.160 e. The van der Waals surface area contributed by atoms with Crippen molar-refractivity contribution in [3.05, 3.63) is 164 Å². The van der Waals surface area contributed by atoms with E-state index in [1.165, 1.54) is 48.2 Å². The highest BCUT2D eigenvalue weighted by Crippen LogP contribution is 2.43. The van der Waals surface area contributed by atoms with Gasteiger partial charge in [-0.15, -0.1) is 11.3 Å². The minimum Gasteiger partial charge on any atom is -0.299 e. The van der Waals surface area contributed by atoms with Gasteiger partial charge in [-0.2, -0.15) is 0 Å². The van der Waals surface area contributed by atoms with Gasteiger partial charge in [-0.25, -0.2) is 9.97 Å². The average molecular weight is 606 g/mol. The molecular weight excluding hydrogens is 579 g/mol. The molecule has 3 heterocycles. The van der Waals surface area contributed by atoms with Crippen molar-refractivity contribution in [1.82, 2.24) is 14.4 Å². The molecule has 216 valence electrons. The number of aromatic nitrogens is 3. The summed E-state index contributed by atoms with van der Waals surface area (Å²) < 4.78 is 3.72. The van der Waals surface area contributed by atoms with Crippen molar-refractivity contribution in [2.45, 2.75) is 0 Å². The summed E-state index contributed by atoms with van der Waals surface area (Å²) in [7, 11) is 0. The molecule has 0 N–H and O–H groups in total. The van der Waals surface area contributed by atoms with Gasteiger partial charge in [-0.05, 0) is 47.0 Å². The van der Waals surface area contributed by atoms with E-state index in [0.29, 0.717) is 0 Å². The number of hydrogen-bond donors (Lipinski definition) is 0. The second-order valence-electron chi connectivity index (χ2n) is 11.5. The summed E-state index contributed by atoms with van der Waals surface area (Å²) in [6, 6.07) is 57.7. The first-order valence-electron chi connectivity index (χ1n) is 15.4. The molecule has 0 unspecified atom stereocenters. The Morgan fingerprint density at radius 3 is 1.65 bits per heavy atom. The number of benzene rings is 6. The fourth-order valence-electron chi connectivity index (χ4n) is 6.40. The van der Waals surface area contributed by atoms with Crippen LogP contribution in [0, 0.1) is 0 Å². The molecule has 9 aromatic rings. The van der Waals surface area contributed by atoms with Gasteiger partial charge in [0.05, 0.1) is 27.1 Å². The fourth-order valence-corrected chi connectivity index (χ4v) is 7.64. The number of thiazole rings is 1. The largest absolute Gasteiger partial charge is 0.299 e. The molecule has 0 aliphatic heterocycles. The Hall–Kier alpha value is -5.84. The van der Waals surface area contributed by atoms with Crippen LogP contribution in [-0.2, 0) is 0 Å². The average Bonchev–Trinajstić information content (AvgIpc) is 3.67. The Bertz CT molecular complexity index is 2440. The summed E-state index contributed by atoms with van der Waals surface area (Å²) in [4.78, 5) is 11.2. The molecule has 0 saturated carbocycles. The third kappa shape index (κ3) is 4.50. The molecule has 6 aromatic carbocycles. The quantitative estimate of drug-likeness (QED) is 0.195. The molecule has 0 radical (unpaired) electrons. The Morgan fingerprint density at radius 1 is 0.413 bits per heavy atom. The molecule has 0 bridgehead atoms. The molecule has 0 atom stereocenters. The summed E-state index contributed by atoms with van der Waals surface area (Å²) >= 11 is 1.86. The van der Waals surface area contributed by atoms with E-state index in [1.807, 2.05) is 47.7 Å². The lowest BCUT2D eigenvalue weighted by atomic mass is 9.98. The van der Waals surface area contributed by atoms with Crippen LogP contribution in [0.15, 0.2) is 164 Å². The zero-order valence-electron chi connectivity index (χ0n) is 24.8. The second-order valence-corrected chi connectivity index (χ2v) is 12.5. The van der Waals surface area contributed by atoms with E-state index in [0.717, 1.165) is 33.9 Å². The molecule has 0 saturated heterocycles. The predicted octanol–water partition coefficient (Wildman–Crippen LogP) is 11.4. The maximum atomic E-state index is 5.02. The lowest BCUT2D eigenvalue weighted by molar-refractivity contribution is 1.18. The van der Waals surface area contributed by atoms with Crippen molar-refractivity contribution in [2.75, 3.05) is 0 Å². The Morgan fingerprint density at radius 2 is 0.957 bits per heavy atom. The van der Waals surface area contributed by atoms with Crippen molar-refractivity contribution in [3.63, 3.8) is 0 Å². The SMILES string of the molecule is c1ccc(-c2cc(-c3ccc(-c4ccc5c(c4)c(-c4ccccc4)c4sc6ccccc6n45)cc3)nc(-c3ccccc3)n2)cc1. The topological polar surface area (TPSA) is 30.2 Å². The van der Waals surface area contributed by atoms with E-state index >= 15 is 0 Å². The highest BCUT2D eigenvalue weighted by Gasteiger charge is 2.19. The van der Waals surface area contributed by atoms with Crippen LogP contribution in [0.4, 0.5) is 0 Å². The third-order valence-corrected chi connectivity index (χ3v) is 9.79. The second kappa shape index (κ2) is 11.0. The molecule has 0 fully saturated rings. The van der Waals surface area contributed by atoms with E-state index < -0.39 is 0 Å². The van der Waals surface area contributed by atoms with Gasteiger partial charge in [-0.3, -0.25) is 4.40 Å². The van der Waals surface area contributed by atoms with E-state index in [1.54, 1.807) is 0 Å². The summed E-state index contributed by atoms with van der Waals surface area (Å²) in [6.07, 6.45) is 0. The van der Waals surface area contributed by atoms with Crippen LogP contribution >= 0.6 is 11.3 Å². The maximum absolute atomic E-state index is 5.02. The number of rotatable bonds is 5. The van der Waals surface area contributed by atoms with Gasteiger partial charge in [-0.1, -0.05) is 133 Å². The molecule has 0 aliphatic rings. The smallest absolute Gasteiger partial charge is 0.160 e. The van der Waals surface area contributed by atoms with Crippen molar-refractivity contribution in [2.24, 2.45) is 0 Å². The molecule has 4 heteroatoms. The summed E-state index contributed by atoms with van der Waals surface area (Å²) in [5, 5.41) is 1.26. The highest BCUT2D eigenvalue weighted by atomic mass is 32.1. The van der Waals surface area contributed by atoms with E-state index in [2.05, 4.69) is 132 Å². The van der Waals surface area contributed by atoms with Crippen LogP contribution < -0.4 is 0 Å². The van der Waals surface area contributed by atoms with Crippen LogP contribution in [0.5, 0.6) is 0 Å². The minimum absolute atomic E-state index is 0.723. The van der Waals surface area contributed by atoms with Crippen LogP contribution in [0.25, 0.3) is 82.1 Å². The summed E-state index contributed by atoms with van der Waals surface area (Å²) in [5.41, 5.74) is 12.3. The zero-order valence-corrected chi connectivity index (χ0v) is 25.7.